The van der Waals surface area contributed by atoms with E-state index in [4.69, 9.17) is 0 Å². The lowest BCUT2D eigenvalue weighted by atomic mass is 9.85. The number of rotatable bonds is 7. The van der Waals surface area contributed by atoms with Gasteiger partial charge in [0.2, 0.25) is 5.12 Å². The van der Waals surface area contributed by atoms with Gasteiger partial charge in [0.15, 0.2) is 0 Å². The van der Waals surface area contributed by atoms with Crippen LogP contribution in [0.1, 0.15) is 31.7 Å². The van der Waals surface area contributed by atoms with Crippen molar-refractivity contribution in [1.82, 2.24) is 0 Å². The summed E-state index contributed by atoms with van der Waals surface area (Å²) >= 11 is 3.08. The van der Waals surface area contributed by atoms with Crippen LogP contribution in [0.25, 0.3) is 0 Å². The van der Waals surface area contributed by atoms with Gasteiger partial charge in [-0.25, -0.2) is 4.39 Å². The van der Waals surface area contributed by atoms with Gasteiger partial charge in [-0.2, -0.15) is 17.6 Å². The summed E-state index contributed by atoms with van der Waals surface area (Å²) in [6.45, 7) is 1.54. The molecule has 1 aromatic rings. The number of unbranched alkanes of at least 4 members (excludes halogenated alkanes) is 1. The molecule has 1 atom stereocenters. The number of hydrogen-bond acceptors (Lipinski definition) is 1. The average Bonchev–Trinajstić information content (AvgIpc) is 2.44. The average molecular weight is 326 g/mol. The summed E-state index contributed by atoms with van der Waals surface area (Å²) in [7, 11) is 0. The molecule has 0 radical (unpaired) electrons. The predicted octanol–water partition coefficient (Wildman–Crippen LogP) is 4.77. The highest BCUT2D eigenvalue weighted by atomic mass is 32.1. The Morgan fingerprint density at radius 2 is 1.62 bits per heavy atom. The first-order chi connectivity index (χ1) is 9.61. The Bertz CT molecular complexity index is 491. The van der Waals surface area contributed by atoms with Gasteiger partial charge in [0.05, 0.1) is 0 Å². The van der Waals surface area contributed by atoms with E-state index >= 15 is 0 Å². The Balaban J connectivity index is 3.36. The number of carbonyl (C=O) groups excluding carboxylic acids is 1. The maximum Gasteiger partial charge on any atom is 0.355 e. The zero-order chi connectivity index (χ0) is 16.3. The van der Waals surface area contributed by atoms with Gasteiger partial charge in [-0.3, -0.25) is 4.79 Å². The molecular weight excluding hydrogens is 311 g/mol. The summed E-state index contributed by atoms with van der Waals surface area (Å²) in [4.78, 5) is 11.3. The fraction of sp³-hybridized carbons (Fsp3) is 0.500. The number of benzene rings is 1. The second-order valence-corrected chi connectivity index (χ2v) is 5.12. The van der Waals surface area contributed by atoms with Crippen molar-refractivity contribution >= 4 is 17.7 Å². The van der Waals surface area contributed by atoms with Gasteiger partial charge >= 0.3 is 11.8 Å². The van der Waals surface area contributed by atoms with Crippen molar-refractivity contribution in [3.63, 3.8) is 0 Å². The van der Waals surface area contributed by atoms with Gasteiger partial charge in [-0.1, -0.05) is 43.7 Å². The van der Waals surface area contributed by atoms with Crippen LogP contribution in [0.2, 0.25) is 0 Å². The quantitative estimate of drug-likeness (QED) is 0.564. The normalized spacial score (nSPS) is 15.6. The number of carbonyl (C=O) groups is 1. The molecule has 1 nitrogen and oxygen atoms in total. The summed E-state index contributed by atoms with van der Waals surface area (Å²) in [5.41, 5.74) is -5.03. The molecule has 1 unspecified atom stereocenters. The number of halogens is 5. The van der Waals surface area contributed by atoms with E-state index in [9.17, 15) is 26.7 Å². The van der Waals surface area contributed by atoms with E-state index in [1.807, 2.05) is 0 Å². The first-order valence-corrected chi connectivity index (χ1v) is 6.79. The number of thiol groups is 1. The molecule has 0 heterocycles. The number of hydrogen-bond donors (Lipinski definition) is 1. The molecule has 0 aromatic heterocycles. The van der Waals surface area contributed by atoms with Crippen LogP contribution in [0.4, 0.5) is 22.0 Å². The molecule has 1 rings (SSSR count). The Morgan fingerprint density at radius 1 is 1.10 bits per heavy atom. The molecule has 0 aliphatic carbocycles. The molecule has 7 heteroatoms. The van der Waals surface area contributed by atoms with Crippen molar-refractivity contribution < 1.29 is 26.7 Å². The van der Waals surface area contributed by atoms with Gasteiger partial charge in [-0.15, -0.1) is 12.6 Å². The molecule has 0 N–H and O–H groups in total. The van der Waals surface area contributed by atoms with Crippen LogP contribution in [-0.4, -0.2) is 17.0 Å². The molecule has 0 spiro atoms. The fourth-order valence-corrected chi connectivity index (χ4v) is 2.18. The largest absolute Gasteiger partial charge is 0.355 e. The highest BCUT2D eigenvalue weighted by Crippen LogP contribution is 2.52. The summed E-state index contributed by atoms with van der Waals surface area (Å²) < 4.78 is 70.4. The Morgan fingerprint density at radius 3 is 2.05 bits per heavy atom. The van der Waals surface area contributed by atoms with Crippen LogP contribution in [-0.2, 0) is 10.5 Å². The first kappa shape index (κ1) is 17.9. The SMILES string of the molecule is CCCCC(F)(F)C(F)(F)C(F)(C(=O)S)c1ccccc1. The molecule has 0 saturated heterocycles. The van der Waals surface area contributed by atoms with Gasteiger partial charge in [0.1, 0.15) is 0 Å². The molecule has 118 valence electrons. The number of alkyl halides is 5. The lowest BCUT2D eigenvalue weighted by Gasteiger charge is -2.36. The highest BCUT2D eigenvalue weighted by Gasteiger charge is 2.72. The molecule has 0 saturated carbocycles. The van der Waals surface area contributed by atoms with Crippen molar-refractivity contribution in [2.75, 3.05) is 0 Å². The topological polar surface area (TPSA) is 17.1 Å². The van der Waals surface area contributed by atoms with E-state index in [0.717, 1.165) is 12.1 Å². The highest BCUT2D eigenvalue weighted by molar-refractivity contribution is 7.96. The third-order valence-corrected chi connectivity index (χ3v) is 3.51. The van der Waals surface area contributed by atoms with E-state index in [-0.39, 0.29) is 12.8 Å². The van der Waals surface area contributed by atoms with Crippen molar-refractivity contribution in [1.29, 1.82) is 0 Å². The summed E-state index contributed by atoms with van der Waals surface area (Å²) in [6, 6.07) is 5.47. The monoisotopic (exact) mass is 326 g/mol. The van der Waals surface area contributed by atoms with Crippen LogP contribution < -0.4 is 0 Å². The van der Waals surface area contributed by atoms with Crippen LogP contribution >= 0.6 is 12.6 Å². The maximum atomic E-state index is 14.7. The zero-order valence-corrected chi connectivity index (χ0v) is 12.1. The maximum absolute atomic E-state index is 14.7. The van der Waals surface area contributed by atoms with Crippen LogP contribution in [0.3, 0.4) is 0 Å². The Labute approximate surface area is 124 Å². The Kier molecular flexibility index (Phi) is 5.41. The van der Waals surface area contributed by atoms with Crippen LogP contribution in [0.15, 0.2) is 30.3 Å². The lowest BCUT2D eigenvalue weighted by Crippen LogP contribution is -2.57. The molecular formula is C14H15F5OS. The van der Waals surface area contributed by atoms with Crippen molar-refractivity contribution in [2.24, 2.45) is 0 Å². The van der Waals surface area contributed by atoms with Crippen molar-refractivity contribution in [3.05, 3.63) is 35.9 Å². The molecule has 0 amide bonds. The summed E-state index contributed by atoms with van der Waals surface area (Å²) in [6.07, 6.45) is -1.19. The zero-order valence-electron chi connectivity index (χ0n) is 11.3. The molecule has 0 aliphatic heterocycles. The molecule has 0 fully saturated rings. The molecule has 21 heavy (non-hydrogen) atoms. The van der Waals surface area contributed by atoms with Gasteiger partial charge in [-0.05, 0) is 6.42 Å². The van der Waals surface area contributed by atoms with Crippen molar-refractivity contribution in [3.8, 4) is 0 Å². The van der Waals surface area contributed by atoms with Crippen LogP contribution in [0, 0.1) is 0 Å². The van der Waals surface area contributed by atoms with Gasteiger partial charge < -0.3 is 0 Å². The second-order valence-electron chi connectivity index (χ2n) is 4.71. The fourth-order valence-electron chi connectivity index (χ4n) is 1.91. The first-order valence-electron chi connectivity index (χ1n) is 6.34. The minimum atomic E-state index is -5.20. The second kappa shape index (κ2) is 6.34. The minimum absolute atomic E-state index is 0.214. The third-order valence-electron chi connectivity index (χ3n) is 3.20. The van der Waals surface area contributed by atoms with E-state index in [0.29, 0.717) is 0 Å². The van der Waals surface area contributed by atoms with Gasteiger partial charge in [0.25, 0.3) is 5.67 Å². The Hall–Kier alpha value is -1.11. The van der Waals surface area contributed by atoms with E-state index in [1.165, 1.54) is 25.1 Å². The summed E-state index contributed by atoms with van der Waals surface area (Å²) in [5, 5.41) is -1.95. The van der Waals surface area contributed by atoms with E-state index in [2.05, 4.69) is 12.6 Å². The predicted molar refractivity (Wildman–Crippen MR) is 72.6 cm³/mol. The van der Waals surface area contributed by atoms with Gasteiger partial charge in [0, 0.05) is 12.0 Å². The third kappa shape index (κ3) is 3.07. The molecule has 1 aromatic carbocycles. The summed E-state index contributed by atoms with van der Waals surface area (Å²) in [5.74, 6) is -9.86. The molecule has 0 bridgehead atoms. The minimum Gasteiger partial charge on any atom is -0.283 e. The smallest absolute Gasteiger partial charge is 0.283 e. The van der Waals surface area contributed by atoms with Crippen molar-refractivity contribution in [2.45, 2.75) is 43.7 Å². The van der Waals surface area contributed by atoms with E-state index in [1.54, 1.807) is 0 Å². The molecule has 0 aliphatic rings. The lowest BCUT2D eigenvalue weighted by molar-refractivity contribution is -0.268. The van der Waals surface area contributed by atoms with Crippen LogP contribution in [0.5, 0.6) is 0 Å². The standard InChI is InChI=1S/C14H15F5OS/c1-2-3-9-12(15,16)14(18,19)13(17,11(20)21)10-7-5-4-6-8-10/h4-8H,2-3,9H2,1H3,(H,20,21). The van der Waals surface area contributed by atoms with E-state index < -0.39 is 34.6 Å².